The van der Waals surface area contributed by atoms with E-state index in [9.17, 15) is 5.11 Å². The number of hydrogen-bond donors (Lipinski definition) is 1. The van der Waals surface area contributed by atoms with Gasteiger partial charge in [-0.25, -0.2) is 0 Å². The van der Waals surface area contributed by atoms with Crippen molar-refractivity contribution in [3.05, 3.63) is 35.4 Å². The molecule has 0 saturated carbocycles. The number of ether oxygens (including phenoxy) is 2. The normalized spacial score (nSPS) is 36.1. The van der Waals surface area contributed by atoms with E-state index in [4.69, 9.17) is 9.47 Å². The molecular formula is C18H26BrNO5. The number of methoxy groups -OCH3 is 1. The Kier molecular flexibility index (Phi) is 5.29. The van der Waals surface area contributed by atoms with Gasteiger partial charge in [-0.2, -0.15) is 0 Å². The molecule has 2 bridgehead atoms. The van der Waals surface area contributed by atoms with E-state index in [0.717, 1.165) is 30.9 Å². The zero-order chi connectivity index (χ0) is 15.1. The smallest absolute Gasteiger partial charge is 0.165 e. The van der Waals surface area contributed by atoms with Gasteiger partial charge in [0.1, 0.15) is 12.2 Å². The first-order valence-corrected chi connectivity index (χ1v) is 8.10. The fraction of sp³-hybridized carbons (Fsp3) is 0.556. The van der Waals surface area contributed by atoms with Crippen molar-refractivity contribution in [3.8, 4) is 11.5 Å². The monoisotopic (exact) mass is 415 g/mol. The van der Waals surface area contributed by atoms with Crippen LogP contribution < -0.4 is 9.47 Å². The molecule has 5 unspecified atom stereocenters. The molecule has 1 aromatic carbocycles. The van der Waals surface area contributed by atoms with Gasteiger partial charge in [-0.3, -0.25) is 0 Å². The molecule has 4 aliphatic rings. The summed E-state index contributed by atoms with van der Waals surface area (Å²) < 4.78 is 11.8. The van der Waals surface area contributed by atoms with Gasteiger partial charge in [0.2, 0.25) is 0 Å². The highest BCUT2D eigenvalue weighted by Crippen LogP contribution is 2.62. The second-order valence-electron chi connectivity index (χ2n) is 7.11. The Balaban J connectivity index is 0.000000751. The van der Waals surface area contributed by atoms with E-state index in [1.54, 1.807) is 7.11 Å². The van der Waals surface area contributed by atoms with Crippen molar-refractivity contribution in [1.82, 2.24) is 4.90 Å². The molecule has 6 nitrogen and oxygen atoms in total. The fourth-order valence-corrected chi connectivity index (χ4v) is 5.39. The van der Waals surface area contributed by atoms with Crippen LogP contribution in [0.25, 0.3) is 0 Å². The summed E-state index contributed by atoms with van der Waals surface area (Å²) in [7, 11) is 3.91. The number of hydrogen-bond acceptors (Lipinski definition) is 4. The van der Waals surface area contributed by atoms with Crippen LogP contribution in [0.4, 0.5) is 0 Å². The predicted molar refractivity (Wildman–Crippen MR) is 100 cm³/mol. The first kappa shape index (κ1) is 20.2. The van der Waals surface area contributed by atoms with Crippen molar-refractivity contribution in [2.45, 2.75) is 36.5 Å². The van der Waals surface area contributed by atoms with Gasteiger partial charge < -0.3 is 30.4 Å². The van der Waals surface area contributed by atoms with Crippen LogP contribution in [0.2, 0.25) is 0 Å². The molecule has 1 saturated heterocycles. The van der Waals surface area contributed by atoms with Crippen molar-refractivity contribution < 1.29 is 25.5 Å². The molecule has 5 rings (SSSR count). The van der Waals surface area contributed by atoms with Gasteiger partial charge in [-0.1, -0.05) is 18.2 Å². The van der Waals surface area contributed by atoms with Crippen LogP contribution in [0.5, 0.6) is 11.5 Å². The zero-order valence-electron chi connectivity index (χ0n) is 14.4. The molecule has 5 atom stereocenters. The second kappa shape index (κ2) is 6.55. The Bertz CT molecular complexity index is 696. The molecule has 5 N–H and O–H groups in total. The summed E-state index contributed by atoms with van der Waals surface area (Å²) >= 11 is 0. The number of likely N-dealkylation sites (N-methyl/N-ethyl adjacent to an activating group) is 1. The van der Waals surface area contributed by atoms with Gasteiger partial charge in [-0.15, -0.1) is 17.0 Å². The van der Waals surface area contributed by atoms with Gasteiger partial charge in [0, 0.05) is 22.9 Å². The van der Waals surface area contributed by atoms with Crippen molar-refractivity contribution in [3.63, 3.8) is 0 Å². The Morgan fingerprint density at radius 1 is 1.28 bits per heavy atom. The lowest BCUT2D eigenvalue weighted by atomic mass is 9.53. The maximum absolute atomic E-state index is 10.6. The summed E-state index contributed by atoms with van der Waals surface area (Å²) in [6, 6.07) is 4.70. The minimum Gasteiger partial charge on any atom is -0.493 e. The van der Waals surface area contributed by atoms with Crippen LogP contribution in [0.15, 0.2) is 24.3 Å². The van der Waals surface area contributed by atoms with E-state index in [1.807, 2.05) is 12.1 Å². The maximum Gasteiger partial charge on any atom is 0.165 e. The molecule has 140 valence electrons. The molecule has 1 spiro atoms. The first-order valence-electron chi connectivity index (χ1n) is 8.10. The average Bonchev–Trinajstić information content (AvgIpc) is 2.88. The topological polar surface area (TPSA) is 105 Å². The van der Waals surface area contributed by atoms with Crippen molar-refractivity contribution in [1.29, 1.82) is 0 Å². The van der Waals surface area contributed by atoms with E-state index in [1.165, 1.54) is 11.1 Å². The van der Waals surface area contributed by atoms with E-state index in [0.29, 0.717) is 12.0 Å². The van der Waals surface area contributed by atoms with Crippen LogP contribution in [0, 0.1) is 5.92 Å². The first-order chi connectivity index (χ1) is 10.7. The van der Waals surface area contributed by atoms with E-state index in [2.05, 4.69) is 24.1 Å². The van der Waals surface area contributed by atoms with Crippen LogP contribution in [-0.4, -0.2) is 59.9 Å². The van der Waals surface area contributed by atoms with E-state index in [-0.39, 0.29) is 39.5 Å². The molecule has 2 aliphatic heterocycles. The molecule has 1 aromatic rings. The Hall–Kier alpha value is -1.12. The summed E-state index contributed by atoms with van der Waals surface area (Å²) in [6.45, 7) is 1.05. The number of aliphatic hydroxyl groups is 1. The fourth-order valence-electron chi connectivity index (χ4n) is 5.39. The van der Waals surface area contributed by atoms with Crippen molar-refractivity contribution in [2.75, 3.05) is 20.7 Å². The highest BCUT2D eigenvalue weighted by Gasteiger charge is 2.64. The molecule has 0 amide bonds. The lowest BCUT2D eigenvalue weighted by Crippen LogP contribution is -2.64. The van der Waals surface area contributed by atoms with Crippen LogP contribution in [0.1, 0.15) is 17.5 Å². The zero-order valence-corrected chi connectivity index (χ0v) is 16.1. The van der Waals surface area contributed by atoms with Gasteiger partial charge in [-0.05, 0) is 38.1 Å². The second-order valence-corrected chi connectivity index (χ2v) is 7.11. The maximum atomic E-state index is 10.6. The number of benzene rings is 1. The molecule has 2 aliphatic carbocycles. The Morgan fingerprint density at radius 3 is 2.76 bits per heavy atom. The molecule has 25 heavy (non-hydrogen) atoms. The number of likely N-dealkylation sites (tertiary alicyclic amines) is 1. The number of aliphatic hydroxyl groups excluding tert-OH is 1. The quantitative estimate of drug-likeness (QED) is 0.671. The van der Waals surface area contributed by atoms with Crippen molar-refractivity contribution >= 4 is 17.0 Å². The molecule has 1 fully saturated rings. The Labute approximate surface area is 157 Å². The Morgan fingerprint density at radius 2 is 2.04 bits per heavy atom. The van der Waals surface area contributed by atoms with Crippen molar-refractivity contribution in [2.24, 2.45) is 5.92 Å². The van der Waals surface area contributed by atoms with Gasteiger partial charge >= 0.3 is 0 Å². The van der Waals surface area contributed by atoms with E-state index >= 15 is 0 Å². The summed E-state index contributed by atoms with van der Waals surface area (Å²) in [4.78, 5) is 2.47. The van der Waals surface area contributed by atoms with Crippen LogP contribution in [-0.2, 0) is 11.8 Å². The van der Waals surface area contributed by atoms with Gasteiger partial charge in [0.05, 0.1) is 7.11 Å². The number of halogens is 1. The minimum absolute atomic E-state index is 0. The largest absolute Gasteiger partial charge is 0.493 e. The standard InChI is InChI=1S/C18H21NO3.BrH.2H2O/c1-19-8-7-18-11-4-5-13(20)17(18)22-16-14(21-2)6-3-10(15(16)18)9-12(11)19;;;/h3-6,11-13,17,20H,7-9H2,1-2H3;1H;2*1H2. The molecule has 0 aromatic heterocycles. The summed E-state index contributed by atoms with van der Waals surface area (Å²) in [5.74, 6) is 2.09. The molecule has 7 heteroatoms. The molecular weight excluding hydrogens is 390 g/mol. The minimum atomic E-state index is -0.539. The third-order valence-corrected chi connectivity index (χ3v) is 6.35. The number of piperidine rings is 1. The highest BCUT2D eigenvalue weighted by atomic mass is 79.9. The molecule has 0 radical (unpaired) electrons. The lowest BCUT2D eigenvalue weighted by Gasteiger charge is -2.56. The summed E-state index contributed by atoms with van der Waals surface area (Å²) in [5.41, 5.74) is 2.60. The summed E-state index contributed by atoms with van der Waals surface area (Å²) in [5, 5.41) is 10.6. The van der Waals surface area contributed by atoms with Crippen LogP contribution >= 0.6 is 17.0 Å². The van der Waals surface area contributed by atoms with Crippen LogP contribution in [0.3, 0.4) is 0 Å². The summed E-state index contributed by atoms with van der Waals surface area (Å²) in [6.07, 6.45) is 5.54. The molecule has 2 heterocycles. The van der Waals surface area contributed by atoms with Gasteiger partial charge in [0.15, 0.2) is 11.5 Å². The lowest BCUT2D eigenvalue weighted by molar-refractivity contribution is -0.0453. The van der Waals surface area contributed by atoms with E-state index < -0.39 is 6.10 Å². The average molecular weight is 416 g/mol. The predicted octanol–water partition coefficient (Wildman–Crippen LogP) is 0.430. The third-order valence-electron chi connectivity index (χ3n) is 6.35. The third kappa shape index (κ3) is 2.23. The number of nitrogens with zero attached hydrogens (tertiary/aromatic N) is 1. The van der Waals surface area contributed by atoms with Gasteiger partial charge in [0.25, 0.3) is 0 Å². The number of rotatable bonds is 1. The highest BCUT2D eigenvalue weighted by molar-refractivity contribution is 8.93. The SMILES string of the molecule is Br.COc1ccc2c3c1OC1C(O)C=CC4C(C2)N(C)CCC341.O.O.